The van der Waals surface area contributed by atoms with Crippen LogP contribution >= 0.6 is 0 Å². The lowest BCUT2D eigenvalue weighted by atomic mass is 9.85. The number of carbonyl (C=O) groups excluding carboxylic acids is 3. The number of hydrogen-bond donors (Lipinski definition) is 1. The van der Waals surface area contributed by atoms with Crippen molar-refractivity contribution in [3.63, 3.8) is 0 Å². The minimum atomic E-state index is -0.382. The highest BCUT2D eigenvalue weighted by Crippen LogP contribution is 2.34. The van der Waals surface area contributed by atoms with E-state index in [-0.39, 0.29) is 48.3 Å². The van der Waals surface area contributed by atoms with Gasteiger partial charge in [0.2, 0.25) is 17.7 Å². The Labute approximate surface area is 133 Å². The molecule has 0 radical (unpaired) electrons. The molecule has 0 bridgehead atoms. The number of rotatable bonds is 4. The Bertz CT molecular complexity index is 643. The van der Waals surface area contributed by atoms with Gasteiger partial charge in [-0.2, -0.15) is 0 Å². The van der Waals surface area contributed by atoms with Crippen molar-refractivity contribution in [1.29, 1.82) is 0 Å². The van der Waals surface area contributed by atoms with Gasteiger partial charge in [0.05, 0.1) is 11.8 Å². The minimum absolute atomic E-state index is 0.0295. The smallest absolute Gasteiger partial charge is 0.233 e. The molecule has 1 aromatic rings. The van der Waals surface area contributed by atoms with E-state index in [2.05, 4.69) is 5.32 Å². The molecule has 2 unspecified atom stereocenters. The van der Waals surface area contributed by atoms with E-state index in [1.807, 2.05) is 12.2 Å². The molecule has 120 valence electrons. The van der Waals surface area contributed by atoms with Crippen molar-refractivity contribution in [2.75, 3.05) is 11.9 Å². The number of fused-ring (bicyclic) bond motifs is 1. The van der Waals surface area contributed by atoms with E-state index in [1.54, 1.807) is 0 Å². The summed E-state index contributed by atoms with van der Waals surface area (Å²) < 4.78 is 12.8. The molecule has 6 heteroatoms. The van der Waals surface area contributed by atoms with Gasteiger partial charge in [-0.25, -0.2) is 4.39 Å². The number of hydrogen-bond acceptors (Lipinski definition) is 3. The number of halogens is 1. The van der Waals surface area contributed by atoms with Crippen molar-refractivity contribution in [2.24, 2.45) is 11.8 Å². The van der Waals surface area contributed by atoms with Crippen LogP contribution < -0.4 is 5.32 Å². The second-order valence-electron chi connectivity index (χ2n) is 5.79. The average Bonchev–Trinajstić information content (AvgIpc) is 2.80. The van der Waals surface area contributed by atoms with Crippen molar-refractivity contribution in [3.05, 3.63) is 42.2 Å². The molecule has 1 heterocycles. The molecular weight excluding hydrogens is 299 g/mol. The van der Waals surface area contributed by atoms with E-state index < -0.39 is 0 Å². The number of carbonyl (C=O) groups is 3. The second-order valence-corrected chi connectivity index (χ2v) is 5.79. The summed E-state index contributed by atoms with van der Waals surface area (Å²) in [6.07, 6.45) is 5.07. The summed E-state index contributed by atoms with van der Waals surface area (Å²) >= 11 is 0. The second kappa shape index (κ2) is 6.32. The van der Waals surface area contributed by atoms with Gasteiger partial charge in [0.1, 0.15) is 5.82 Å². The maximum Gasteiger partial charge on any atom is 0.233 e. The van der Waals surface area contributed by atoms with Crippen LogP contribution in [-0.4, -0.2) is 29.2 Å². The van der Waals surface area contributed by atoms with E-state index in [9.17, 15) is 18.8 Å². The van der Waals surface area contributed by atoms with Gasteiger partial charge < -0.3 is 5.32 Å². The summed E-state index contributed by atoms with van der Waals surface area (Å²) in [5, 5.41) is 2.62. The molecule has 1 saturated heterocycles. The third kappa shape index (κ3) is 3.16. The van der Waals surface area contributed by atoms with Crippen LogP contribution in [0.15, 0.2) is 36.4 Å². The molecule has 1 N–H and O–H groups in total. The van der Waals surface area contributed by atoms with Gasteiger partial charge in [-0.3, -0.25) is 19.3 Å². The Morgan fingerprint density at radius 3 is 2.22 bits per heavy atom. The Kier molecular flexibility index (Phi) is 4.23. The zero-order valence-corrected chi connectivity index (χ0v) is 12.5. The summed E-state index contributed by atoms with van der Waals surface area (Å²) in [6, 6.07) is 5.42. The Morgan fingerprint density at radius 1 is 1.09 bits per heavy atom. The highest BCUT2D eigenvalue weighted by Gasteiger charge is 2.46. The highest BCUT2D eigenvalue weighted by molar-refractivity contribution is 6.05. The summed E-state index contributed by atoms with van der Waals surface area (Å²) in [5.41, 5.74) is 0.480. The number of nitrogens with one attached hydrogen (secondary N) is 1. The molecule has 5 nitrogen and oxygen atoms in total. The van der Waals surface area contributed by atoms with Gasteiger partial charge in [0.25, 0.3) is 0 Å². The van der Waals surface area contributed by atoms with Gasteiger partial charge in [-0.05, 0) is 37.1 Å². The molecule has 1 aromatic carbocycles. The SMILES string of the molecule is O=C(CCN1C(=O)C2CC=CCC2C1=O)Nc1ccc(F)cc1. The maximum absolute atomic E-state index is 12.8. The van der Waals surface area contributed by atoms with E-state index in [0.29, 0.717) is 18.5 Å². The first-order valence-electron chi connectivity index (χ1n) is 7.62. The lowest BCUT2D eigenvalue weighted by Crippen LogP contribution is -2.34. The largest absolute Gasteiger partial charge is 0.326 e. The van der Waals surface area contributed by atoms with Gasteiger partial charge in [0, 0.05) is 18.7 Å². The van der Waals surface area contributed by atoms with E-state index in [1.165, 1.54) is 29.2 Å². The summed E-state index contributed by atoms with van der Waals surface area (Å²) in [5.74, 6) is -1.60. The molecule has 1 aliphatic heterocycles. The van der Waals surface area contributed by atoms with E-state index >= 15 is 0 Å². The van der Waals surface area contributed by atoms with Crippen LogP contribution in [0.5, 0.6) is 0 Å². The molecule has 2 aliphatic rings. The number of benzene rings is 1. The van der Waals surface area contributed by atoms with Crippen LogP contribution in [0.1, 0.15) is 19.3 Å². The zero-order chi connectivity index (χ0) is 16.4. The van der Waals surface area contributed by atoms with Crippen molar-refractivity contribution in [3.8, 4) is 0 Å². The van der Waals surface area contributed by atoms with Crippen LogP contribution in [0.4, 0.5) is 10.1 Å². The number of amides is 3. The van der Waals surface area contributed by atoms with Crippen LogP contribution in [0.2, 0.25) is 0 Å². The minimum Gasteiger partial charge on any atom is -0.326 e. The Hall–Kier alpha value is -2.50. The average molecular weight is 316 g/mol. The van der Waals surface area contributed by atoms with Crippen LogP contribution in [-0.2, 0) is 14.4 Å². The van der Waals surface area contributed by atoms with E-state index in [0.717, 1.165) is 0 Å². The van der Waals surface area contributed by atoms with Crippen molar-refractivity contribution in [1.82, 2.24) is 4.90 Å². The molecule has 1 aliphatic carbocycles. The van der Waals surface area contributed by atoms with Crippen LogP contribution in [0.25, 0.3) is 0 Å². The molecule has 3 rings (SSSR count). The Morgan fingerprint density at radius 2 is 1.65 bits per heavy atom. The Balaban J connectivity index is 1.56. The van der Waals surface area contributed by atoms with Crippen molar-refractivity contribution in [2.45, 2.75) is 19.3 Å². The fourth-order valence-electron chi connectivity index (χ4n) is 3.06. The number of allylic oxidation sites excluding steroid dienone is 2. The summed E-state index contributed by atoms with van der Waals surface area (Å²) in [6.45, 7) is 0.0810. The molecule has 0 aromatic heterocycles. The molecule has 23 heavy (non-hydrogen) atoms. The third-order valence-corrected chi connectivity index (χ3v) is 4.29. The molecule has 3 amide bonds. The molecule has 0 spiro atoms. The highest BCUT2D eigenvalue weighted by atomic mass is 19.1. The lowest BCUT2D eigenvalue weighted by Gasteiger charge is -2.14. The fraction of sp³-hybridized carbons (Fsp3) is 0.353. The zero-order valence-electron chi connectivity index (χ0n) is 12.5. The van der Waals surface area contributed by atoms with Crippen molar-refractivity contribution < 1.29 is 18.8 Å². The fourth-order valence-corrected chi connectivity index (χ4v) is 3.06. The van der Waals surface area contributed by atoms with Gasteiger partial charge >= 0.3 is 0 Å². The summed E-state index contributed by atoms with van der Waals surface area (Å²) in [4.78, 5) is 37.6. The molecule has 0 saturated carbocycles. The van der Waals surface area contributed by atoms with Gasteiger partial charge in [-0.1, -0.05) is 12.2 Å². The monoisotopic (exact) mass is 316 g/mol. The first-order valence-corrected chi connectivity index (χ1v) is 7.62. The first-order chi connectivity index (χ1) is 11.1. The number of imide groups is 1. The molecule has 2 atom stereocenters. The lowest BCUT2D eigenvalue weighted by molar-refractivity contribution is -0.140. The van der Waals surface area contributed by atoms with Gasteiger partial charge in [-0.15, -0.1) is 0 Å². The maximum atomic E-state index is 12.8. The van der Waals surface area contributed by atoms with Crippen LogP contribution in [0.3, 0.4) is 0 Å². The van der Waals surface area contributed by atoms with Crippen molar-refractivity contribution >= 4 is 23.4 Å². The van der Waals surface area contributed by atoms with E-state index in [4.69, 9.17) is 0 Å². The first kappa shape index (κ1) is 15.4. The van der Waals surface area contributed by atoms with Crippen LogP contribution in [0, 0.1) is 17.7 Å². The number of likely N-dealkylation sites (tertiary alicyclic amines) is 1. The third-order valence-electron chi connectivity index (χ3n) is 4.29. The predicted octanol–water partition coefficient (Wildman–Crippen LogP) is 2.11. The molecular formula is C17H17FN2O3. The normalized spacial score (nSPS) is 23.1. The number of anilines is 1. The topological polar surface area (TPSA) is 66.5 Å². The molecule has 1 fully saturated rings. The number of nitrogens with zero attached hydrogens (tertiary/aromatic N) is 1. The quantitative estimate of drug-likeness (QED) is 0.683. The summed E-state index contributed by atoms with van der Waals surface area (Å²) in [7, 11) is 0. The van der Waals surface area contributed by atoms with Gasteiger partial charge in [0.15, 0.2) is 0 Å². The standard InChI is InChI=1S/C17H17FN2O3/c18-11-5-7-12(8-6-11)19-15(21)9-10-20-16(22)13-3-1-2-4-14(13)17(20)23/h1-2,5-8,13-14H,3-4,9-10H2,(H,19,21). The predicted molar refractivity (Wildman–Crippen MR) is 81.7 cm³/mol.